The maximum absolute atomic E-state index is 9.27. The molecule has 0 aromatic heterocycles. The van der Waals surface area contributed by atoms with Crippen molar-refractivity contribution in [2.45, 2.75) is 19.3 Å². The Morgan fingerprint density at radius 2 is 2.27 bits per heavy atom. The smallest absolute Gasteiger partial charge is 0.116 e. The van der Waals surface area contributed by atoms with Gasteiger partial charge in [-0.15, -0.1) is 0 Å². The van der Waals surface area contributed by atoms with Crippen molar-refractivity contribution < 1.29 is 5.11 Å². The SMILES string of the molecule is Oc1cccc(C#CC2C=CCCC2)c1. The van der Waals surface area contributed by atoms with Crippen LogP contribution in [0.2, 0.25) is 0 Å². The topological polar surface area (TPSA) is 20.2 Å². The van der Waals surface area contributed by atoms with E-state index in [1.807, 2.05) is 12.1 Å². The lowest BCUT2D eigenvalue weighted by molar-refractivity contribution is 0.475. The van der Waals surface area contributed by atoms with Gasteiger partial charge in [-0.3, -0.25) is 0 Å². The van der Waals surface area contributed by atoms with E-state index in [1.165, 1.54) is 12.8 Å². The molecule has 1 N–H and O–H groups in total. The third-order valence-corrected chi connectivity index (χ3v) is 2.50. The summed E-state index contributed by atoms with van der Waals surface area (Å²) in [6, 6.07) is 7.08. The Bertz CT molecular complexity index is 420. The maximum Gasteiger partial charge on any atom is 0.116 e. The fraction of sp³-hybridized carbons (Fsp3) is 0.286. The van der Waals surface area contributed by atoms with Crippen LogP contribution in [0.25, 0.3) is 0 Å². The third kappa shape index (κ3) is 2.89. The first-order valence-electron chi connectivity index (χ1n) is 5.32. The van der Waals surface area contributed by atoms with E-state index in [9.17, 15) is 5.11 Å². The Morgan fingerprint density at radius 1 is 1.33 bits per heavy atom. The highest BCUT2D eigenvalue weighted by Gasteiger charge is 2.03. The van der Waals surface area contributed by atoms with Gasteiger partial charge in [0.25, 0.3) is 0 Å². The van der Waals surface area contributed by atoms with E-state index < -0.39 is 0 Å². The quantitative estimate of drug-likeness (QED) is 0.501. The summed E-state index contributed by atoms with van der Waals surface area (Å²) in [7, 11) is 0. The number of phenols is 1. The van der Waals surface area contributed by atoms with Crippen molar-refractivity contribution in [3.05, 3.63) is 42.0 Å². The summed E-state index contributed by atoms with van der Waals surface area (Å²) in [6.45, 7) is 0. The summed E-state index contributed by atoms with van der Waals surface area (Å²) < 4.78 is 0. The molecule has 0 saturated carbocycles. The van der Waals surface area contributed by atoms with E-state index in [0.29, 0.717) is 5.92 Å². The predicted molar refractivity (Wildman–Crippen MR) is 61.5 cm³/mol. The van der Waals surface area contributed by atoms with Crippen molar-refractivity contribution in [1.82, 2.24) is 0 Å². The van der Waals surface area contributed by atoms with Crippen molar-refractivity contribution in [3.63, 3.8) is 0 Å². The highest BCUT2D eigenvalue weighted by atomic mass is 16.3. The van der Waals surface area contributed by atoms with E-state index in [1.54, 1.807) is 12.1 Å². The van der Waals surface area contributed by atoms with Crippen LogP contribution in [0.1, 0.15) is 24.8 Å². The molecule has 1 nitrogen and oxygen atoms in total. The van der Waals surface area contributed by atoms with Gasteiger partial charge >= 0.3 is 0 Å². The van der Waals surface area contributed by atoms with Crippen molar-refractivity contribution >= 4 is 0 Å². The second-order valence-electron chi connectivity index (χ2n) is 3.79. The summed E-state index contributed by atoms with van der Waals surface area (Å²) in [5, 5.41) is 9.27. The van der Waals surface area contributed by atoms with Gasteiger partial charge in [-0.25, -0.2) is 0 Å². The monoisotopic (exact) mass is 198 g/mol. The number of hydrogen-bond donors (Lipinski definition) is 1. The average Bonchev–Trinajstić information content (AvgIpc) is 2.28. The predicted octanol–water partition coefficient (Wildman–Crippen LogP) is 3.10. The van der Waals surface area contributed by atoms with E-state index in [4.69, 9.17) is 0 Å². The molecule has 1 aromatic carbocycles. The minimum Gasteiger partial charge on any atom is -0.508 e. The van der Waals surface area contributed by atoms with Gasteiger partial charge in [0.15, 0.2) is 0 Å². The van der Waals surface area contributed by atoms with Gasteiger partial charge in [0.2, 0.25) is 0 Å². The molecule has 0 spiro atoms. The van der Waals surface area contributed by atoms with Crippen LogP contribution in [0, 0.1) is 17.8 Å². The number of benzene rings is 1. The molecular formula is C14H14O. The highest BCUT2D eigenvalue weighted by Crippen LogP contribution is 2.16. The Kier molecular flexibility index (Phi) is 3.09. The zero-order chi connectivity index (χ0) is 10.5. The Labute approximate surface area is 90.4 Å². The van der Waals surface area contributed by atoms with Crippen LogP contribution in [0.5, 0.6) is 5.75 Å². The van der Waals surface area contributed by atoms with Gasteiger partial charge in [-0.1, -0.05) is 30.1 Å². The first-order valence-corrected chi connectivity index (χ1v) is 5.32. The van der Waals surface area contributed by atoms with Crippen LogP contribution in [-0.2, 0) is 0 Å². The van der Waals surface area contributed by atoms with Gasteiger partial charge < -0.3 is 5.11 Å². The first kappa shape index (κ1) is 9.86. The largest absolute Gasteiger partial charge is 0.508 e. The lowest BCUT2D eigenvalue weighted by Gasteiger charge is -2.08. The standard InChI is InChI=1S/C14H14O/c15-14-8-4-7-13(11-14)10-9-12-5-2-1-3-6-12/h2,4-5,7-8,11-12,15H,1,3,6H2. The van der Waals surface area contributed by atoms with E-state index in [-0.39, 0.29) is 5.75 Å². The summed E-state index contributed by atoms with van der Waals surface area (Å²) in [5.74, 6) is 6.98. The van der Waals surface area contributed by atoms with Crippen LogP contribution in [0.3, 0.4) is 0 Å². The molecule has 1 aromatic rings. The molecule has 2 rings (SSSR count). The second-order valence-corrected chi connectivity index (χ2v) is 3.79. The van der Waals surface area contributed by atoms with Gasteiger partial charge in [0, 0.05) is 11.5 Å². The van der Waals surface area contributed by atoms with Crippen molar-refractivity contribution in [1.29, 1.82) is 0 Å². The molecule has 0 saturated heterocycles. The number of rotatable bonds is 0. The van der Waals surface area contributed by atoms with E-state index in [0.717, 1.165) is 12.0 Å². The zero-order valence-electron chi connectivity index (χ0n) is 8.61. The van der Waals surface area contributed by atoms with Gasteiger partial charge in [0.05, 0.1) is 0 Å². The number of aromatic hydroxyl groups is 1. The molecule has 0 amide bonds. The normalized spacial score (nSPS) is 19.3. The molecule has 0 heterocycles. The molecule has 1 aliphatic carbocycles. The Hall–Kier alpha value is -1.68. The maximum atomic E-state index is 9.27. The molecular weight excluding hydrogens is 184 g/mol. The molecule has 0 bridgehead atoms. The van der Waals surface area contributed by atoms with E-state index in [2.05, 4.69) is 24.0 Å². The Morgan fingerprint density at radius 3 is 3.00 bits per heavy atom. The summed E-state index contributed by atoms with van der Waals surface area (Å²) in [5.41, 5.74) is 0.883. The molecule has 76 valence electrons. The molecule has 1 heteroatoms. The first-order chi connectivity index (χ1) is 7.34. The Balaban J connectivity index is 2.10. The molecule has 0 fully saturated rings. The zero-order valence-corrected chi connectivity index (χ0v) is 8.61. The molecule has 0 aliphatic heterocycles. The lowest BCUT2D eigenvalue weighted by atomic mass is 9.96. The molecule has 0 radical (unpaired) electrons. The number of hydrogen-bond acceptors (Lipinski definition) is 1. The fourth-order valence-electron chi connectivity index (χ4n) is 1.69. The van der Waals surface area contributed by atoms with Gasteiger partial charge in [0.1, 0.15) is 5.75 Å². The van der Waals surface area contributed by atoms with Crippen molar-refractivity contribution in [3.8, 4) is 17.6 Å². The second kappa shape index (κ2) is 4.70. The van der Waals surface area contributed by atoms with Crippen LogP contribution in [-0.4, -0.2) is 5.11 Å². The van der Waals surface area contributed by atoms with Crippen molar-refractivity contribution in [2.24, 2.45) is 5.92 Å². The van der Waals surface area contributed by atoms with Gasteiger partial charge in [-0.2, -0.15) is 0 Å². The number of phenolic OH excluding ortho intramolecular Hbond substituents is 1. The van der Waals surface area contributed by atoms with Crippen molar-refractivity contribution in [2.75, 3.05) is 0 Å². The molecule has 1 atom stereocenters. The van der Waals surface area contributed by atoms with Crippen LogP contribution < -0.4 is 0 Å². The average molecular weight is 198 g/mol. The number of allylic oxidation sites excluding steroid dienone is 2. The minimum atomic E-state index is 0.279. The van der Waals surface area contributed by atoms with Crippen LogP contribution in [0.4, 0.5) is 0 Å². The third-order valence-electron chi connectivity index (χ3n) is 2.50. The fourth-order valence-corrected chi connectivity index (χ4v) is 1.69. The minimum absolute atomic E-state index is 0.279. The molecule has 1 unspecified atom stereocenters. The highest BCUT2D eigenvalue weighted by molar-refractivity contribution is 5.39. The molecule has 15 heavy (non-hydrogen) atoms. The van der Waals surface area contributed by atoms with E-state index >= 15 is 0 Å². The molecule has 1 aliphatic rings. The summed E-state index contributed by atoms with van der Waals surface area (Å²) in [6.07, 6.45) is 7.95. The van der Waals surface area contributed by atoms with Gasteiger partial charge in [-0.05, 0) is 37.5 Å². The summed E-state index contributed by atoms with van der Waals surface area (Å²) >= 11 is 0. The summed E-state index contributed by atoms with van der Waals surface area (Å²) in [4.78, 5) is 0. The lowest BCUT2D eigenvalue weighted by Crippen LogP contribution is -1.96. The van der Waals surface area contributed by atoms with Crippen LogP contribution >= 0.6 is 0 Å². The van der Waals surface area contributed by atoms with Crippen LogP contribution in [0.15, 0.2) is 36.4 Å².